The van der Waals surface area contributed by atoms with Crippen LogP contribution in [0.3, 0.4) is 0 Å². The van der Waals surface area contributed by atoms with Gasteiger partial charge in [0.25, 0.3) is 0 Å². The van der Waals surface area contributed by atoms with E-state index in [1.165, 1.54) is 0 Å². The Bertz CT molecular complexity index is 316. The lowest BCUT2D eigenvalue weighted by Gasteiger charge is -2.28. The molecule has 0 N–H and O–H groups in total. The Balaban J connectivity index is 4.00. The smallest absolute Gasteiger partial charge is 0.465 e. The maximum Gasteiger partial charge on any atom is 0.500 e. The quantitative estimate of drug-likeness (QED) is 0.194. The predicted octanol–water partition coefficient (Wildman–Crippen LogP) is 2.84. The van der Waals surface area contributed by atoms with Crippen LogP contribution in [0.5, 0.6) is 0 Å². The minimum Gasteiger partial charge on any atom is -0.465 e. The average Bonchev–Trinajstić information content (AvgIpc) is 2.48. The first kappa shape index (κ1) is 23.5. The molecule has 0 aromatic rings. The summed E-state index contributed by atoms with van der Waals surface area (Å²) in [6, 6.07) is 0.747. The number of carbonyl (C=O) groups is 1. The molecule has 0 unspecified atom stereocenters. The molecule has 7 heteroatoms. The first-order valence-corrected chi connectivity index (χ1v) is 11.1. The van der Waals surface area contributed by atoms with Gasteiger partial charge >= 0.3 is 14.8 Å². The fourth-order valence-electron chi connectivity index (χ4n) is 2.41. The van der Waals surface area contributed by atoms with E-state index in [0.717, 1.165) is 36.3 Å². The molecule has 0 saturated heterocycles. The van der Waals surface area contributed by atoms with Crippen LogP contribution < -0.4 is 0 Å². The summed E-state index contributed by atoms with van der Waals surface area (Å²) < 4.78 is 23.6. The highest BCUT2D eigenvalue weighted by molar-refractivity contribution is 6.60. The zero-order valence-electron chi connectivity index (χ0n) is 16.6. The van der Waals surface area contributed by atoms with Crippen molar-refractivity contribution in [3.8, 4) is 0 Å². The van der Waals surface area contributed by atoms with Gasteiger partial charge in [0, 0.05) is 38.7 Å². The lowest BCUT2D eigenvalue weighted by molar-refractivity contribution is -0.870. The Morgan fingerprint density at radius 3 is 1.88 bits per heavy atom. The topological polar surface area (TPSA) is 54.0 Å². The Labute approximate surface area is 149 Å². The van der Waals surface area contributed by atoms with E-state index in [1.54, 1.807) is 0 Å². The average molecular weight is 365 g/mol. The van der Waals surface area contributed by atoms with E-state index in [4.69, 9.17) is 18.0 Å². The molecule has 0 aliphatic heterocycles. The first-order chi connectivity index (χ1) is 11.3. The minimum absolute atomic E-state index is 0.118. The number of unbranched alkanes of at least 4 members (excludes halogenated alkanes) is 1. The Morgan fingerprint density at radius 2 is 1.42 bits per heavy atom. The molecule has 0 fully saturated rings. The summed E-state index contributed by atoms with van der Waals surface area (Å²) >= 11 is 0. The molecule has 0 amide bonds. The minimum atomic E-state index is -2.57. The molecule has 0 aromatic heterocycles. The second kappa shape index (κ2) is 12.8. The highest BCUT2D eigenvalue weighted by Crippen LogP contribution is 2.20. The van der Waals surface area contributed by atoms with Gasteiger partial charge in [-0.3, -0.25) is 4.79 Å². The largest absolute Gasteiger partial charge is 0.500 e. The summed E-state index contributed by atoms with van der Waals surface area (Å²) in [5.74, 6) is -0.118. The maximum absolute atomic E-state index is 11.8. The van der Waals surface area contributed by atoms with Crippen molar-refractivity contribution in [2.24, 2.45) is 0 Å². The van der Waals surface area contributed by atoms with Crippen molar-refractivity contribution in [2.75, 3.05) is 54.1 Å². The molecule has 0 aliphatic rings. The van der Waals surface area contributed by atoms with Gasteiger partial charge in [-0.1, -0.05) is 0 Å². The van der Waals surface area contributed by atoms with Gasteiger partial charge in [-0.2, -0.15) is 0 Å². The van der Waals surface area contributed by atoms with E-state index in [-0.39, 0.29) is 5.97 Å². The van der Waals surface area contributed by atoms with Crippen LogP contribution >= 0.6 is 0 Å². The molecule has 0 rings (SSSR count). The van der Waals surface area contributed by atoms with Gasteiger partial charge in [-0.05, 0) is 33.6 Å². The van der Waals surface area contributed by atoms with Crippen molar-refractivity contribution in [1.82, 2.24) is 0 Å². The summed E-state index contributed by atoms with van der Waals surface area (Å²) in [7, 11) is 3.82. The van der Waals surface area contributed by atoms with Gasteiger partial charge < -0.3 is 22.5 Å². The van der Waals surface area contributed by atoms with E-state index in [2.05, 4.69) is 21.1 Å². The van der Waals surface area contributed by atoms with Gasteiger partial charge in [0.1, 0.15) is 0 Å². The molecule has 144 valence electrons. The monoisotopic (exact) mass is 364 g/mol. The molecule has 0 aliphatic carbocycles. The highest BCUT2D eigenvalue weighted by atomic mass is 28.4. The standard InChI is InChI=1S/C17H38NO5Si/c1-7-21-24(22-8-2,23-9-3)16-11-10-13-17(19)20-15-12-14-18(4,5)6/h7-16H2,1-6H3/q+1. The molecule has 6 nitrogen and oxygen atoms in total. The van der Waals surface area contributed by atoms with Crippen LogP contribution in [0.1, 0.15) is 46.5 Å². The molecule has 0 spiro atoms. The number of carbonyl (C=O) groups excluding carboxylic acids is 1. The SMILES string of the molecule is CCO[Si](CCCCC(=O)OCCC[N+](C)(C)C)(OCC)OCC. The van der Waals surface area contributed by atoms with Crippen LogP contribution in [0.2, 0.25) is 6.04 Å². The van der Waals surface area contributed by atoms with Crippen molar-refractivity contribution in [3.63, 3.8) is 0 Å². The number of hydrogen-bond acceptors (Lipinski definition) is 5. The number of esters is 1. The van der Waals surface area contributed by atoms with E-state index in [0.29, 0.717) is 32.8 Å². The van der Waals surface area contributed by atoms with E-state index in [9.17, 15) is 4.79 Å². The Kier molecular flexibility index (Phi) is 12.6. The predicted molar refractivity (Wildman–Crippen MR) is 97.8 cm³/mol. The van der Waals surface area contributed by atoms with E-state index < -0.39 is 8.80 Å². The number of ether oxygens (including phenoxy) is 1. The molecule has 0 radical (unpaired) electrons. The third-order valence-corrected chi connectivity index (χ3v) is 6.59. The van der Waals surface area contributed by atoms with Crippen molar-refractivity contribution in [2.45, 2.75) is 52.5 Å². The molecule has 24 heavy (non-hydrogen) atoms. The third-order valence-electron chi connectivity index (χ3n) is 3.44. The lowest BCUT2D eigenvalue weighted by atomic mass is 10.2. The second-order valence-corrected chi connectivity index (χ2v) is 9.51. The fraction of sp³-hybridized carbons (Fsp3) is 0.941. The number of quaternary nitrogens is 1. The number of nitrogens with zero attached hydrogens (tertiary/aromatic N) is 1. The van der Waals surface area contributed by atoms with Crippen LogP contribution in [0, 0.1) is 0 Å². The van der Waals surface area contributed by atoms with E-state index in [1.807, 2.05) is 20.8 Å². The van der Waals surface area contributed by atoms with Crippen molar-refractivity contribution < 1.29 is 27.3 Å². The summed E-state index contributed by atoms with van der Waals surface area (Å²) in [4.78, 5) is 11.8. The normalized spacial score (nSPS) is 12.4. The lowest BCUT2D eigenvalue weighted by Crippen LogP contribution is -2.45. The van der Waals surface area contributed by atoms with Crippen LogP contribution in [0.4, 0.5) is 0 Å². The zero-order chi connectivity index (χ0) is 18.5. The van der Waals surface area contributed by atoms with Crippen LogP contribution in [-0.4, -0.2) is 73.4 Å². The van der Waals surface area contributed by atoms with Crippen molar-refractivity contribution in [1.29, 1.82) is 0 Å². The molecule has 0 aromatic carbocycles. The fourth-order valence-corrected chi connectivity index (χ4v) is 5.09. The second-order valence-electron chi connectivity index (χ2n) is 6.78. The molecule has 0 saturated carbocycles. The molecule has 0 heterocycles. The first-order valence-electron chi connectivity index (χ1n) is 9.16. The zero-order valence-corrected chi connectivity index (χ0v) is 17.6. The van der Waals surface area contributed by atoms with Gasteiger partial charge in [-0.15, -0.1) is 0 Å². The van der Waals surface area contributed by atoms with E-state index >= 15 is 0 Å². The van der Waals surface area contributed by atoms with Gasteiger partial charge in [0.2, 0.25) is 0 Å². The van der Waals surface area contributed by atoms with Crippen LogP contribution in [-0.2, 0) is 22.8 Å². The molecular weight excluding hydrogens is 326 g/mol. The van der Waals surface area contributed by atoms with Crippen LogP contribution in [0.25, 0.3) is 0 Å². The van der Waals surface area contributed by atoms with Crippen LogP contribution in [0.15, 0.2) is 0 Å². The summed E-state index contributed by atoms with van der Waals surface area (Å²) in [6.45, 7) is 9.11. The van der Waals surface area contributed by atoms with Crippen molar-refractivity contribution in [3.05, 3.63) is 0 Å². The van der Waals surface area contributed by atoms with Gasteiger partial charge in [0.05, 0.1) is 34.3 Å². The summed E-state index contributed by atoms with van der Waals surface area (Å²) in [5, 5.41) is 0. The maximum atomic E-state index is 11.8. The van der Waals surface area contributed by atoms with Gasteiger partial charge in [0.15, 0.2) is 0 Å². The summed E-state index contributed by atoms with van der Waals surface area (Å²) in [6.07, 6.45) is 2.96. The Morgan fingerprint density at radius 1 is 0.875 bits per heavy atom. The molecular formula is C17H38NO5Si+. The highest BCUT2D eigenvalue weighted by Gasteiger charge is 2.39. The molecule has 0 bridgehead atoms. The Hall–Kier alpha value is -0.473. The summed E-state index contributed by atoms with van der Waals surface area (Å²) in [5.41, 5.74) is 0. The van der Waals surface area contributed by atoms with Gasteiger partial charge in [-0.25, -0.2) is 0 Å². The number of hydrogen-bond donors (Lipinski definition) is 0. The third kappa shape index (κ3) is 12.0. The van der Waals surface area contributed by atoms with Crippen molar-refractivity contribution >= 4 is 14.8 Å². The molecule has 0 atom stereocenters. The number of rotatable bonds is 15.